The van der Waals surface area contributed by atoms with E-state index >= 15 is 0 Å². The zero-order valence-corrected chi connectivity index (χ0v) is 13.9. The molecule has 0 aromatic heterocycles. The third-order valence-corrected chi connectivity index (χ3v) is 4.08. The molecule has 2 aromatic carbocycles. The highest BCUT2D eigenvalue weighted by Crippen LogP contribution is 2.28. The van der Waals surface area contributed by atoms with Crippen molar-refractivity contribution in [2.24, 2.45) is 5.92 Å². The van der Waals surface area contributed by atoms with E-state index in [4.69, 9.17) is 14.2 Å². The van der Waals surface area contributed by atoms with Crippen LogP contribution in [-0.4, -0.2) is 25.2 Å². The van der Waals surface area contributed by atoms with Crippen molar-refractivity contribution in [3.8, 4) is 11.5 Å². The summed E-state index contributed by atoms with van der Waals surface area (Å²) in [4.78, 5) is 23.7. The highest BCUT2D eigenvalue weighted by molar-refractivity contribution is 5.89. The molecule has 1 saturated carbocycles. The molecule has 0 aliphatic heterocycles. The van der Waals surface area contributed by atoms with Crippen molar-refractivity contribution in [1.29, 1.82) is 0 Å². The Balaban J connectivity index is 1.41. The second-order valence-electron chi connectivity index (χ2n) is 5.87. The van der Waals surface area contributed by atoms with Crippen LogP contribution in [0.5, 0.6) is 11.5 Å². The molecular weight excluding hydrogens is 320 g/mol. The van der Waals surface area contributed by atoms with Crippen molar-refractivity contribution in [2.45, 2.75) is 19.3 Å². The Morgan fingerprint density at radius 1 is 0.880 bits per heavy atom. The van der Waals surface area contributed by atoms with Gasteiger partial charge in [-0.3, -0.25) is 4.79 Å². The van der Waals surface area contributed by atoms with Gasteiger partial charge in [-0.2, -0.15) is 0 Å². The second kappa shape index (κ2) is 8.33. The zero-order chi connectivity index (χ0) is 17.5. The maximum Gasteiger partial charge on any atom is 0.338 e. The van der Waals surface area contributed by atoms with Gasteiger partial charge >= 0.3 is 11.9 Å². The van der Waals surface area contributed by atoms with E-state index in [0.717, 1.165) is 25.0 Å². The van der Waals surface area contributed by atoms with Crippen molar-refractivity contribution >= 4 is 11.9 Å². The average molecular weight is 340 g/mol. The van der Waals surface area contributed by atoms with Crippen LogP contribution in [0.15, 0.2) is 54.6 Å². The monoisotopic (exact) mass is 340 g/mol. The van der Waals surface area contributed by atoms with Crippen LogP contribution in [0.4, 0.5) is 0 Å². The molecule has 5 nitrogen and oxygen atoms in total. The van der Waals surface area contributed by atoms with Gasteiger partial charge in [0.2, 0.25) is 0 Å². The quantitative estimate of drug-likeness (QED) is 0.437. The van der Waals surface area contributed by atoms with Crippen LogP contribution < -0.4 is 9.47 Å². The fourth-order valence-electron chi connectivity index (χ4n) is 2.40. The van der Waals surface area contributed by atoms with Crippen molar-refractivity contribution in [3.05, 3.63) is 60.2 Å². The lowest BCUT2D eigenvalue weighted by Gasteiger charge is -2.22. The molecule has 5 heteroatoms. The fraction of sp³-hybridized carbons (Fsp3) is 0.300. The van der Waals surface area contributed by atoms with Gasteiger partial charge in [-0.15, -0.1) is 0 Å². The summed E-state index contributed by atoms with van der Waals surface area (Å²) in [6, 6.07) is 15.7. The minimum atomic E-state index is -0.437. The lowest BCUT2D eigenvalue weighted by atomic mass is 9.86. The van der Waals surface area contributed by atoms with Crippen LogP contribution in [0.3, 0.4) is 0 Å². The van der Waals surface area contributed by atoms with Gasteiger partial charge in [-0.1, -0.05) is 24.6 Å². The standard InChI is InChI=1S/C20H20O5/c21-19(24-14-13-23-17-7-2-1-3-8-17)16-9-11-18(12-10-16)25-20(22)15-5-4-6-15/h1-3,7-12,15H,4-6,13-14H2. The molecule has 1 fully saturated rings. The molecule has 3 rings (SSSR count). The van der Waals surface area contributed by atoms with Gasteiger partial charge in [0.25, 0.3) is 0 Å². The zero-order valence-electron chi connectivity index (χ0n) is 13.9. The van der Waals surface area contributed by atoms with E-state index in [-0.39, 0.29) is 25.1 Å². The van der Waals surface area contributed by atoms with Gasteiger partial charge in [0.05, 0.1) is 11.5 Å². The number of carbonyl (C=O) groups excluding carboxylic acids is 2. The summed E-state index contributed by atoms with van der Waals surface area (Å²) >= 11 is 0. The first-order valence-electron chi connectivity index (χ1n) is 8.39. The van der Waals surface area contributed by atoms with Gasteiger partial charge in [-0.25, -0.2) is 4.79 Å². The molecule has 1 aliphatic rings. The number of para-hydroxylation sites is 1. The second-order valence-corrected chi connectivity index (χ2v) is 5.87. The Morgan fingerprint density at radius 3 is 2.24 bits per heavy atom. The number of esters is 2. The largest absolute Gasteiger partial charge is 0.490 e. The summed E-state index contributed by atoms with van der Waals surface area (Å²) < 4.78 is 15.9. The van der Waals surface area contributed by atoms with Gasteiger partial charge in [0.15, 0.2) is 0 Å². The maximum atomic E-state index is 12.0. The SMILES string of the molecule is O=C(OCCOc1ccccc1)c1ccc(OC(=O)C2CCC2)cc1. The summed E-state index contributed by atoms with van der Waals surface area (Å²) in [5.41, 5.74) is 0.406. The molecule has 2 aromatic rings. The van der Waals surface area contributed by atoms with E-state index in [2.05, 4.69) is 0 Å². The van der Waals surface area contributed by atoms with Gasteiger partial charge in [0, 0.05) is 0 Å². The smallest absolute Gasteiger partial charge is 0.338 e. The van der Waals surface area contributed by atoms with Crippen LogP contribution in [0, 0.1) is 5.92 Å². The molecule has 0 N–H and O–H groups in total. The van der Waals surface area contributed by atoms with Crippen LogP contribution in [0.25, 0.3) is 0 Å². The van der Waals surface area contributed by atoms with Gasteiger partial charge in [-0.05, 0) is 49.2 Å². The summed E-state index contributed by atoms with van der Waals surface area (Å²) in [5, 5.41) is 0. The molecule has 0 atom stereocenters. The first kappa shape index (κ1) is 17.0. The highest BCUT2D eigenvalue weighted by Gasteiger charge is 2.27. The Morgan fingerprint density at radius 2 is 1.60 bits per heavy atom. The van der Waals surface area contributed by atoms with E-state index in [9.17, 15) is 9.59 Å². The third kappa shape index (κ3) is 4.83. The average Bonchev–Trinajstić information content (AvgIpc) is 2.58. The van der Waals surface area contributed by atoms with E-state index < -0.39 is 5.97 Å². The number of benzene rings is 2. The molecular formula is C20H20O5. The topological polar surface area (TPSA) is 61.8 Å². The van der Waals surface area contributed by atoms with E-state index in [1.54, 1.807) is 24.3 Å². The van der Waals surface area contributed by atoms with Crippen LogP contribution in [0.1, 0.15) is 29.6 Å². The Kier molecular flexibility index (Phi) is 5.67. The lowest BCUT2D eigenvalue weighted by Crippen LogP contribution is -2.26. The van der Waals surface area contributed by atoms with Crippen LogP contribution in [-0.2, 0) is 9.53 Å². The molecule has 0 unspecified atom stereocenters. The molecule has 25 heavy (non-hydrogen) atoms. The number of carbonyl (C=O) groups is 2. The van der Waals surface area contributed by atoms with Crippen molar-refractivity contribution in [3.63, 3.8) is 0 Å². The predicted octanol–water partition coefficient (Wildman–Crippen LogP) is 3.63. The first-order chi connectivity index (χ1) is 12.2. The Labute approximate surface area is 146 Å². The lowest BCUT2D eigenvalue weighted by molar-refractivity contribution is -0.141. The normalized spacial score (nSPS) is 13.6. The molecule has 0 heterocycles. The third-order valence-electron chi connectivity index (χ3n) is 4.08. The molecule has 0 bridgehead atoms. The molecule has 1 aliphatic carbocycles. The molecule has 0 saturated heterocycles. The minimum absolute atomic E-state index is 0.0225. The molecule has 0 spiro atoms. The number of ether oxygens (including phenoxy) is 3. The molecule has 0 radical (unpaired) electrons. The summed E-state index contributed by atoms with van der Waals surface area (Å²) in [5.74, 6) is 0.569. The Bertz CT molecular complexity index is 705. The maximum absolute atomic E-state index is 12.0. The number of rotatable bonds is 7. The first-order valence-corrected chi connectivity index (χ1v) is 8.39. The van der Waals surface area contributed by atoms with Crippen LogP contribution >= 0.6 is 0 Å². The number of hydrogen-bond donors (Lipinski definition) is 0. The van der Waals surface area contributed by atoms with Crippen molar-refractivity contribution < 1.29 is 23.8 Å². The van der Waals surface area contributed by atoms with Crippen molar-refractivity contribution in [1.82, 2.24) is 0 Å². The molecule has 130 valence electrons. The predicted molar refractivity (Wildman–Crippen MR) is 91.6 cm³/mol. The summed E-state index contributed by atoms with van der Waals surface area (Å²) in [7, 11) is 0. The van der Waals surface area contributed by atoms with Crippen LogP contribution in [0.2, 0.25) is 0 Å². The Hall–Kier alpha value is -2.82. The number of hydrogen-bond acceptors (Lipinski definition) is 5. The van der Waals surface area contributed by atoms with E-state index in [1.165, 1.54) is 0 Å². The molecule has 0 amide bonds. The summed E-state index contributed by atoms with van der Waals surface area (Å²) in [6.45, 7) is 0.443. The van der Waals surface area contributed by atoms with E-state index in [0.29, 0.717) is 11.3 Å². The van der Waals surface area contributed by atoms with Gasteiger partial charge < -0.3 is 14.2 Å². The minimum Gasteiger partial charge on any atom is -0.490 e. The van der Waals surface area contributed by atoms with Crippen molar-refractivity contribution in [2.75, 3.05) is 13.2 Å². The summed E-state index contributed by atoms with van der Waals surface area (Å²) in [6.07, 6.45) is 2.88. The van der Waals surface area contributed by atoms with Gasteiger partial charge in [0.1, 0.15) is 24.7 Å². The highest BCUT2D eigenvalue weighted by atomic mass is 16.6. The fourth-order valence-corrected chi connectivity index (χ4v) is 2.40. The van der Waals surface area contributed by atoms with E-state index in [1.807, 2.05) is 30.3 Å².